The van der Waals surface area contributed by atoms with Crippen LogP contribution in [-0.2, 0) is 12.8 Å². The van der Waals surface area contributed by atoms with E-state index in [2.05, 4.69) is 41.6 Å². The molecule has 1 aromatic carbocycles. The Balaban J connectivity index is 2.55. The monoisotopic (exact) mass is 301 g/mol. The summed E-state index contributed by atoms with van der Waals surface area (Å²) in [6, 6.07) is 4.71. The van der Waals surface area contributed by atoms with Crippen LogP contribution in [0.2, 0.25) is 0 Å². The highest BCUT2D eigenvalue weighted by Crippen LogP contribution is 2.32. The molecule has 0 spiro atoms. The molecule has 0 heterocycles. The highest BCUT2D eigenvalue weighted by molar-refractivity contribution is 14.1. The SMILES string of the molecule is CCc1c(I)ccc2c1CCC[C@H]2N. The molecule has 0 bridgehead atoms. The molecular formula is C12H16IN. The Morgan fingerprint density at radius 2 is 2.29 bits per heavy atom. The maximum Gasteiger partial charge on any atom is 0.0297 e. The van der Waals surface area contributed by atoms with E-state index in [9.17, 15) is 0 Å². The van der Waals surface area contributed by atoms with Crippen LogP contribution in [0.3, 0.4) is 0 Å². The summed E-state index contributed by atoms with van der Waals surface area (Å²) in [5, 5.41) is 0. The zero-order valence-corrected chi connectivity index (χ0v) is 10.7. The van der Waals surface area contributed by atoms with Gasteiger partial charge in [-0.2, -0.15) is 0 Å². The highest BCUT2D eigenvalue weighted by atomic mass is 127. The summed E-state index contributed by atoms with van der Waals surface area (Å²) in [6.07, 6.45) is 4.76. The Labute approximate surface area is 99.2 Å². The first-order chi connectivity index (χ1) is 6.74. The molecule has 1 atom stereocenters. The molecule has 2 N–H and O–H groups in total. The Morgan fingerprint density at radius 3 is 3.00 bits per heavy atom. The van der Waals surface area contributed by atoms with Gasteiger partial charge in [-0.3, -0.25) is 0 Å². The average Bonchev–Trinajstić information content (AvgIpc) is 2.18. The summed E-state index contributed by atoms with van der Waals surface area (Å²) in [4.78, 5) is 0. The minimum atomic E-state index is 0.279. The van der Waals surface area contributed by atoms with E-state index in [4.69, 9.17) is 5.73 Å². The van der Waals surface area contributed by atoms with Crippen LogP contribution >= 0.6 is 22.6 Å². The van der Waals surface area contributed by atoms with Gasteiger partial charge >= 0.3 is 0 Å². The van der Waals surface area contributed by atoms with E-state index in [-0.39, 0.29) is 6.04 Å². The van der Waals surface area contributed by atoms with Gasteiger partial charge in [0.05, 0.1) is 0 Å². The minimum absolute atomic E-state index is 0.279. The van der Waals surface area contributed by atoms with Gasteiger partial charge in [0.25, 0.3) is 0 Å². The third-order valence-electron chi connectivity index (χ3n) is 3.11. The Morgan fingerprint density at radius 1 is 1.50 bits per heavy atom. The normalized spacial score (nSPS) is 20.6. The van der Waals surface area contributed by atoms with Crippen LogP contribution in [0.15, 0.2) is 12.1 Å². The quantitative estimate of drug-likeness (QED) is 0.792. The summed E-state index contributed by atoms with van der Waals surface area (Å²) >= 11 is 2.43. The van der Waals surface area contributed by atoms with Crippen LogP contribution in [-0.4, -0.2) is 0 Å². The van der Waals surface area contributed by atoms with E-state index < -0.39 is 0 Å². The number of halogens is 1. The smallest absolute Gasteiger partial charge is 0.0297 e. The molecule has 0 aliphatic heterocycles. The number of hydrogen-bond donors (Lipinski definition) is 1. The molecule has 1 aliphatic rings. The third-order valence-corrected chi connectivity index (χ3v) is 4.12. The van der Waals surface area contributed by atoms with Crippen molar-refractivity contribution in [2.75, 3.05) is 0 Å². The predicted molar refractivity (Wildman–Crippen MR) is 68.4 cm³/mol. The highest BCUT2D eigenvalue weighted by Gasteiger charge is 2.19. The first-order valence-electron chi connectivity index (χ1n) is 5.29. The molecule has 0 saturated carbocycles. The lowest BCUT2D eigenvalue weighted by Gasteiger charge is -2.25. The molecule has 2 heteroatoms. The fraction of sp³-hybridized carbons (Fsp3) is 0.500. The van der Waals surface area contributed by atoms with Gasteiger partial charge in [-0.15, -0.1) is 0 Å². The zero-order valence-electron chi connectivity index (χ0n) is 8.52. The Bertz CT molecular complexity index is 346. The lowest BCUT2D eigenvalue weighted by Crippen LogP contribution is -2.19. The molecule has 0 amide bonds. The lowest BCUT2D eigenvalue weighted by molar-refractivity contribution is 0.567. The molecule has 1 aromatic rings. The largest absolute Gasteiger partial charge is 0.324 e. The van der Waals surface area contributed by atoms with E-state index in [1.165, 1.54) is 33.1 Å². The number of nitrogens with two attached hydrogens (primary N) is 1. The van der Waals surface area contributed by atoms with E-state index in [0.717, 1.165) is 12.8 Å². The van der Waals surface area contributed by atoms with Crippen molar-refractivity contribution in [2.24, 2.45) is 5.73 Å². The molecule has 0 unspecified atom stereocenters. The van der Waals surface area contributed by atoms with Crippen molar-refractivity contribution < 1.29 is 0 Å². The van der Waals surface area contributed by atoms with Gasteiger partial charge in [-0.1, -0.05) is 13.0 Å². The zero-order chi connectivity index (χ0) is 10.1. The van der Waals surface area contributed by atoms with Crippen molar-refractivity contribution in [1.29, 1.82) is 0 Å². The molecular weight excluding hydrogens is 285 g/mol. The Kier molecular flexibility index (Phi) is 3.12. The van der Waals surface area contributed by atoms with E-state index in [1.54, 1.807) is 0 Å². The standard InChI is InChI=1S/C12H16IN/c1-2-8-9-4-3-5-12(14)10(9)6-7-11(8)13/h6-7,12H,2-5,14H2,1H3/t12-/m1/s1. The topological polar surface area (TPSA) is 26.0 Å². The first kappa shape index (κ1) is 10.4. The van der Waals surface area contributed by atoms with Gasteiger partial charge in [0.1, 0.15) is 0 Å². The predicted octanol–water partition coefficient (Wildman–Crippen LogP) is 3.19. The summed E-state index contributed by atoms with van der Waals surface area (Å²) in [6.45, 7) is 2.23. The molecule has 0 aromatic heterocycles. The molecule has 0 radical (unpaired) electrons. The average molecular weight is 301 g/mol. The number of fused-ring (bicyclic) bond motifs is 1. The first-order valence-corrected chi connectivity index (χ1v) is 6.37. The third kappa shape index (κ3) is 1.70. The van der Waals surface area contributed by atoms with Crippen molar-refractivity contribution in [1.82, 2.24) is 0 Å². The van der Waals surface area contributed by atoms with Crippen LogP contribution in [0, 0.1) is 3.57 Å². The van der Waals surface area contributed by atoms with Crippen LogP contribution in [0.5, 0.6) is 0 Å². The van der Waals surface area contributed by atoms with Gasteiger partial charge < -0.3 is 5.73 Å². The fourth-order valence-corrected chi connectivity index (χ4v) is 3.25. The molecule has 1 aliphatic carbocycles. The van der Waals surface area contributed by atoms with Crippen LogP contribution in [0.25, 0.3) is 0 Å². The molecule has 2 rings (SSSR count). The maximum atomic E-state index is 6.12. The second-order valence-corrected chi connectivity index (χ2v) is 5.11. The molecule has 0 fully saturated rings. The van der Waals surface area contributed by atoms with Gasteiger partial charge in [0.15, 0.2) is 0 Å². The second kappa shape index (κ2) is 4.19. The van der Waals surface area contributed by atoms with E-state index in [1.807, 2.05) is 0 Å². The molecule has 14 heavy (non-hydrogen) atoms. The van der Waals surface area contributed by atoms with E-state index in [0.29, 0.717) is 0 Å². The number of hydrogen-bond acceptors (Lipinski definition) is 1. The number of benzene rings is 1. The van der Waals surface area contributed by atoms with Crippen molar-refractivity contribution in [3.63, 3.8) is 0 Å². The van der Waals surface area contributed by atoms with Gasteiger partial charge in [0.2, 0.25) is 0 Å². The van der Waals surface area contributed by atoms with Crippen LogP contribution in [0.4, 0.5) is 0 Å². The van der Waals surface area contributed by atoms with Crippen LogP contribution < -0.4 is 5.73 Å². The second-order valence-electron chi connectivity index (χ2n) is 3.95. The minimum Gasteiger partial charge on any atom is -0.324 e. The summed E-state index contributed by atoms with van der Waals surface area (Å²) in [5.74, 6) is 0. The van der Waals surface area contributed by atoms with E-state index >= 15 is 0 Å². The Hall–Kier alpha value is -0.0900. The molecule has 0 saturated heterocycles. The summed E-state index contributed by atoms with van der Waals surface area (Å²) in [5.41, 5.74) is 10.6. The van der Waals surface area contributed by atoms with Crippen LogP contribution in [0.1, 0.15) is 42.5 Å². The van der Waals surface area contributed by atoms with Crippen molar-refractivity contribution in [3.05, 3.63) is 32.4 Å². The fourth-order valence-electron chi connectivity index (χ4n) is 2.36. The summed E-state index contributed by atoms with van der Waals surface area (Å²) in [7, 11) is 0. The summed E-state index contributed by atoms with van der Waals surface area (Å²) < 4.78 is 1.40. The van der Waals surface area contributed by atoms with Gasteiger partial charge in [0, 0.05) is 9.61 Å². The lowest BCUT2D eigenvalue weighted by atomic mass is 9.85. The number of rotatable bonds is 1. The van der Waals surface area contributed by atoms with Crippen molar-refractivity contribution >= 4 is 22.6 Å². The van der Waals surface area contributed by atoms with Crippen molar-refractivity contribution in [2.45, 2.75) is 38.6 Å². The van der Waals surface area contributed by atoms with Gasteiger partial charge in [-0.05, 0) is 71.0 Å². The molecule has 1 nitrogen and oxygen atoms in total. The van der Waals surface area contributed by atoms with Gasteiger partial charge in [-0.25, -0.2) is 0 Å². The van der Waals surface area contributed by atoms with Crippen molar-refractivity contribution in [3.8, 4) is 0 Å². The maximum absolute atomic E-state index is 6.12. The molecule has 76 valence electrons.